The van der Waals surface area contributed by atoms with Gasteiger partial charge in [-0.1, -0.05) is 38.1 Å². The van der Waals surface area contributed by atoms with Gasteiger partial charge in [-0.3, -0.25) is 10.1 Å². The van der Waals surface area contributed by atoms with Crippen LogP contribution in [0.3, 0.4) is 0 Å². The molecule has 0 spiro atoms. The fourth-order valence-electron chi connectivity index (χ4n) is 1.68. The van der Waals surface area contributed by atoms with Crippen molar-refractivity contribution in [1.82, 2.24) is 10.6 Å². The first-order chi connectivity index (χ1) is 8.95. The van der Waals surface area contributed by atoms with Gasteiger partial charge in [0.1, 0.15) is 0 Å². The van der Waals surface area contributed by atoms with E-state index >= 15 is 0 Å². The Morgan fingerprint density at radius 2 is 1.79 bits per heavy atom. The number of carbonyl (C=O) groups excluding carboxylic acids is 1. The van der Waals surface area contributed by atoms with Crippen LogP contribution in [0.25, 0.3) is 0 Å². The Balaban J connectivity index is 2.57. The number of hydrogen-bond acceptors (Lipinski definition) is 3. The zero-order valence-corrected chi connectivity index (χ0v) is 11.4. The van der Waals surface area contributed by atoms with Crippen molar-refractivity contribution in [3.8, 4) is 0 Å². The minimum Gasteiger partial charge on any atom is -0.480 e. The molecular weight excluding hydrogens is 244 g/mol. The van der Waals surface area contributed by atoms with Gasteiger partial charge in [0.25, 0.3) is 0 Å². The van der Waals surface area contributed by atoms with Crippen molar-refractivity contribution >= 4 is 11.9 Å². The second-order valence-electron chi connectivity index (χ2n) is 4.67. The van der Waals surface area contributed by atoms with Crippen LogP contribution >= 0.6 is 0 Å². The number of carboxylic acids is 1. The van der Waals surface area contributed by atoms with Crippen LogP contribution in [-0.2, 0) is 16.1 Å². The molecule has 1 rings (SSSR count). The molecular formula is C14H20N2O3. The van der Waals surface area contributed by atoms with Gasteiger partial charge >= 0.3 is 5.97 Å². The highest BCUT2D eigenvalue weighted by Gasteiger charge is 2.23. The lowest BCUT2D eigenvalue weighted by Gasteiger charge is -2.12. The topological polar surface area (TPSA) is 78.4 Å². The van der Waals surface area contributed by atoms with Crippen LogP contribution in [0.15, 0.2) is 24.3 Å². The van der Waals surface area contributed by atoms with Crippen LogP contribution in [0.2, 0.25) is 0 Å². The molecule has 1 aromatic carbocycles. The van der Waals surface area contributed by atoms with Crippen molar-refractivity contribution in [1.29, 1.82) is 0 Å². The average molecular weight is 264 g/mol. The molecule has 3 N–H and O–H groups in total. The molecule has 1 amide bonds. The lowest BCUT2D eigenvalue weighted by Crippen LogP contribution is -2.47. The Morgan fingerprint density at radius 1 is 1.21 bits per heavy atom. The third kappa shape index (κ3) is 4.37. The number of hydrogen-bond donors (Lipinski definition) is 3. The smallest absolute Gasteiger partial charge is 0.330 e. The number of carbonyl (C=O) groups is 2. The van der Waals surface area contributed by atoms with E-state index in [0.29, 0.717) is 12.5 Å². The standard InChI is InChI=1S/C14H20N2O3/c1-9(2)11-6-4-10(5-7-11)8-16-13(17)12(15-3)14(18)19/h4-7,9,12,15H,8H2,1-3H3,(H,16,17)(H,18,19). The molecule has 19 heavy (non-hydrogen) atoms. The Morgan fingerprint density at radius 3 is 2.21 bits per heavy atom. The molecule has 0 bridgehead atoms. The lowest BCUT2D eigenvalue weighted by atomic mass is 10.0. The van der Waals surface area contributed by atoms with E-state index < -0.39 is 17.9 Å². The normalized spacial score (nSPS) is 12.2. The summed E-state index contributed by atoms with van der Waals surface area (Å²) in [5, 5.41) is 13.9. The maximum absolute atomic E-state index is 11.6. The first-order valence-electron chi connectivity index (χ1n) is 6.22. The first kappa shape index (κ1) is 15.2. The highest BCUT2D eigenvalue weighted by atomic mass is 16.4. The van der Waals surface area contributed by atoms with E-state index in [1.807, 2.05) is 24.3 Å². The van der Waals surface area contributed by atoms with Crippen molar-refractivity contribution in [2.45, 2.75) is 32.4 Å². The summed E-state index contributed by atoms with van der Waals surface area (Å²) in [7, 11) is 1.44. The number of rotatable bonds is 6. The van der Waals surface area contributed by atoms with Gasteiger partial charge in [-0.15, -0.1) is 0 Å². The molecule has 0 saturated heterocycles. The summed E-state index contributed by atoms with van der Waals surface area (Å²) in [4.78, 5) is 22.4. The molecule has 0 saturated carbocycles. The molecule has 0 heterocycles. The van der Waals surface area contributed by atoms with E-state index in [9.17, 15) is 9.59 Å². The third-order valence-electron chi connectivity index (χ3n) is 2.91. The molecule has 1 unspecified atom stereocenters. The molecule has 104 valence electrons. The van der Waals surface area contributed by atoms with Gasteiger partial charge in [-0.05, 0) is 24.1 Å². The van der Waals surface area contributed by atoms with E-state index in [2.05, 4.69) is 24.5 Å². The molecule has 1 atom stereocenters. The maximum atomic E-state index is 11.6. The molecule has 0 aromatic heterocycles. The fraction of sp³-hybridized carbons (Fsp3) is 0.429. The summed E-state index contributed by atoms with van der Waals surface area (Å²) in [6, 6.07) is 6.68. The van der Waals surface area contributed by atoms with Crippen molar-refractivity contribution in [2.24, 2.45) is 0 Å². The predicted molar refractivity (Wildman–Crippen MR) is 72.9 cm³/mol. The Labute approximate surface area is 113 Å². The SMILES string of the molecule is CNC(C(=O)O)C(=O)NCc1ccc(C(C)C)cc1. The van der Waals surface area contributed by atoms with E-state index in [1.54, 1.807) is 0 Å². The number of nitrogens with one attached hydrogen (secondary N) is 2. The number of amides is 1. The van der Waals surface area contributed by atoms with Crippen molar-refractivity contribution in [3.63, 3.8) is 0 Å². The monoisotopic (exact) mass is 264 g/mol. The fourth-order valence-corrected chi connectivity index (χ4v) is 1.68. The largest absolute Gasteiger partial charge is 0.480 e. The minimum atomic E-state index is -1.21. The lowest BCUT2D eigenvalue weighted by molar-refractivity contribution is -0.143. The van der Waals surface area contributed by atoms with Crippen LogP contribution in [0.5, 0.6) is 0 Å². The number of benzene rings is 1. The second-order valence-corrected chi connectivity index (χ2v) is 4.67. The third-order valence-corrected chi connectivity index (χ3v) is 2.91. The van der Waals surface area contributed by atoms with Crippen molar-refractivity contribution in [3.05, 3.63) is 35.4 Å². The summed E-state index contributed by atoms with van der Waals surface area (Å²) >= 11 is 0. The highest BCUT2D eigenvalue weighted by molar-refractivity contribution is 6.01. The molecule has 0 aliphatic rings. The summed E-state index contributed by atoms with van der Waals surface area (Å²) in [6.07, 6.45) is 0. The quantitative estimate of drug-likeness (QED) is 0.672. The molecule has 5 nitrogen and oxygen atoms in total. The highest BCUT2D eigenvalue weighted by Crippen LogP contribution is 2.14. The van der Waals surface area contributed by atoms with Crippen molar-refractivity contribution in [2.75, 3.05) is 7.05 Å². The Hall–Kier alpha value is -1.88. The van der Waals surface area contributed by atoms with Gasteiger partial charge in [-0.2, -0.15) is 0 Å². The van der Waals surface area contributed by atoms with Gasteiger partial charge in [0, 0.05) is 6.54 Å². The molecule has 0 aliphatic carbocycles. The minimum absolute atomic E-state index is 0.322. The Bertz CT molecular complexity index is 441. The van der Waals surface area contributed by atoms with Crippen LogP contribution in [0, 0.1) is 0 Å². The van der Waals surface area contributed by atoms with E-state index in [4.69, 9.17) is 5.11 Å². The van der Waals surface area contributed by atoms with E-state index in [1.165, 1.54) is 12.6 Å². The van der Waals surface area contributed by atoms with Crippen LogP contribution in [-0.4, -0.2) is 30.1 Å². The number of carboxylic acid groups (broad SMARTS) is 1. The second kappa shape index (κ2) is 6.89. The van der Waals surface area contributed by atoms with Crippen LogP contribution in [0.1, 0.15) is 30.9 Å². The molecule has 0 radical (unpaired) electrons. The zero-order chi connectivity index (χ0) is 14.4. The summed E-state index contributed by atoms with van der Waals surface area (Å²) in [5.41, 5.74) is 2.17. The van der Waals surface area contributed by atoms with Gasteiger partial charge in [0.2, 0.25) is 5.91 Å². The average Bonchev–Trinajstić information content (AvgIpc) is 2.37. The van der Waals surface area contributed by atoms with E-state index in [0.717, 1.165) is 5.56 Å². The first-order valence-corrected chi connectivity index (χ1v) is 6.22. The maximum Gasteiger partial charge on any atom is 0.330 e. The summed E-state index contributed by atoms with van der Waals surface area (Å²) in [6.45, 7) is 4.55. The molecule has 0 aliphatic heterocycles. The zero-order valence-electron chi connectivity index (χ0n) is 11.4. The predicted octanol–water partition coefficient (Wildman–Crippen LogP) is 1.10. The van der Waals surface area contributed by atoms with Gasteiger partial charge in [0.15, 0.2) is 6.04 Å². The number of aliphatic carboxylic acids is 1. The van der Waals surface area contributed by atoms with Crippen LogP contribution < -0.4 is 10.6 Å². The molecule has 0 fully saturated rings. The molecule has 5 heteroatoms. The van der Waals surface area contributed by atoms with Gasteiger partial charge < -0.3 is 10.4 Å². The summed E-state index contributed by atoms with van der Waals surface area (Å²) in [5.74, 6) is -1.26. The van der Waals surface area contributed by atoms with Gasteiger partial charge in [-0.25, -0.2) is 4.79 Å². The van der Waals surface area contributed by atoms with Crippen molar-refractivity contribution < 1.29 is 14.7 Å². The Kier molecular flexibility index (Phi) is 5.51. The summed E-state index contributed by atoms with van der Waals surface area (Å²) < 4.78 is 0. The van der Waals surface area contributed by atoms with Gasteiger partial charge in [0.05, 0.1) is 0 Å². The molecule has 1 aromatic rings. The van der Waals surface area contributed by atoms with Crippen LogP contribution in [0.4, 0.5) is 0 Å². The van der Waals surface area contributed by atoms with E-state index in [-0.39, 0.29) is 0 Å². The number of likely N-dealkylation sites (N-methyl/N-ethyl adjacent to an activating group) is 1.